The van der Waals surface area contributed by atoms with Gasteiger partial charge in [0.2, 0.25) is 0 Å². The first-order chi connectivity index (χ1) is 14.6. The molecular formula is C27H27NO2. The van der Waals surface area contributed by atoms with Crippen LogP contribution in [0.25, 0.3) is 6.08 Å². The van der Waals surface area contributed by atoms with E-state index in [2.05, 4.69) is 60.5 Å². The van der Waals surface area contributed by atoms with Crippen LogP contribution in [0.15, 0.2) is 78.4 Å². The zero-order chi connectivity index (χ0) is 20.9. The van der Waals surface area contributed by atoms with Gasteiger partial charge in [-0.25, -0.2) is 0 Å². The first-order valence-corrected chi connectivity index (χ1v) is 10.4. The number of carbonyl (C=O) groups is 1. The molecule has 3 aromatic carbocycles. The molecule has 0 saturated heterocycles. The van der Waals surface area contributed by atoms with Crippen LogP contribution < -0.4 is 4.74 Å². The van der Waals surface area contributed by atoms with Gasteiger partial charge >= 0.3 is 0 Å². The Morgan fingerprint density at radius 1 is 0.900 bits per heavy atom. The van der Waals surface area contributed by atoms with Gasteiger partial charge in [-0.05, 0) is 66.4 Å². The van der Waals surface area contributed by atoms with Crippen LogP contribution in [0.5, 0.6) is 5.75 Å². The van der Waals surface area contributed by atoms with Crippen LogP contribution in [-0.4, -0.2) is 24.8 Å². The minimum absolute atomic E-state index is 0.130. The maximum atomic E-state index is 12.9. The third kappa shape index (κ3) is 4.69. The Morgan fingerprint density at radius 2 is 1.60 bits per heavy atom. The first kappa shape index (κ1) is 20.1. The third-order valence-electron chi connectivity index (χ3n) is 5.58. The van der Waals surface area contributed by atoms with E-state index in [4.69, 9.17) is 4.74 Å². The minimum Gasteiger partial charge on any atom is -0.497 e. The lowest BCUT2D eigenvalue weighted by Gasteiger charge is -2.18. The molecule has 0 saturated carbocycles. The standard InChI is InChI=1S/C27H27NO2/c1-28(18-21-6-4-3-5-7-21)19-22-10-8-20(9-11-22)16-24-13-12-23-17-25(30-2)14-15-26(23)27(24)29/h3-11,14-17H,12-13,18-19H2,1-2H3/b24-16+. The van der Waals surface area contributed by atoms with E-state index in [0.717, 1.165) is 53.9 Å². The molecule has 0 spiro atoms. The van der Waals surface area contributed by atoms with Crippen LogP contribution in [-0.2, 0) is 19.5 Å². The van der Waals surface area contributed by atoms with E-state index in [1.807, 2.05) is 30.3 Å². The molecule has 30 heavy (non-hydrogen) atoms. The summed E-state index contributed by atoms with van der Waals surface area (Å²) in [6, 6.07) is 24.7. The Labute approximate surface area is 178 Å². The number of aryl methyl sites for hydroxylation is 1. The number of ether oxygens (including phenoxy) is 1. The van der Waals surface area contributed by atoms with Crippen LogP contribution in [0.2, 0.25) is 0 Å². The van der Waals surface area contributed by atoms with Gasteiger partial charge in [0.15, 0.2) is 5.78 Å². The number of benzene rings is 3. The number of nitrogens with zero attached hydrogens (tertiary/aromatic N) is 1. The van der Waals surface area contributed by atoms with Crippen LogP contribution in [0.1, 0.15) is 39.0 Å². The number of hydrogen-bond acceptors (Lipinski definition) is 3. The van der Waals surface area contributed by atoms with Crippen molar-refractivity contribution in [3.05, 3.63) is 106 Å². The van der Waals surface area contributed by atoms with Crippen molar-refractivity contribution in [1.82, 2.24) is 4.90 Å². The summed E-state index contributed by atoms with van der Waals surface area (Å²) in [5.41, 5.74) is 6.41. The molecule has 4 rings (SSSR count). The highest BCUT2D eigenvalue weighted by Crippen LogP contribution is 2.29. The Bertz CT molecular complexity index is 1050. The molecule has 0 bridgehead atoms. The van der Waals surface area contributed by atoms with Gasteiger partial charge in [0.25, 0.3) is 0 Å². The van der Waals surface area contributed by atoms with E-state index in [0.29, 0.717) is 0 Å². The van der Waals surface area contributed by atoms with Gasteiger partial charge in [0, 0.05) is 24.2 Å². The van der Waals surface area contributed by atoms with Crippen molar-refractivity contribution >= 4 is 11.9 Å². The fourth-order valence-electron chi connectivity index (χ4n) is 4.00. The molecule has 0 N–H and O–H groups in total. The summed E-state index contributed by atoms with van der Waals surface area (Å²) in [6.07, 6.45) is 3.67. The molecule has 0 heterocycles. The molecule has 1 aliphatic rings. The molecule has 0 atom stereocenters. The number of ketones is 1. The number of rotatable bonds is 6. The zero-order valence-corrected chi connectivity index (χ0v) is 17.6. The molecule has 3 aromatic rings. The summed E-state index contributed by atoms with van der Waals surface area (Å²) in [7, 11) is 3.79. The molecule has 0 aliphatic heterocycles. The first-order valence-electron chi connectivity index (χ1n) is 10.4. The summed E-state index contributed by atoms with van der Waals surface area (Å²) >= 11 is 0. The smallest absolute Gasteiger partial charge is 0.189 e. The minimum atomic E-state index is 0.130. The summed E-state index contributed by atoms with van der Waals surface area (Å²) < 4.78 is 5.28. The molecule has 152 valence electrons. The monoisotopic (exact) mass is 397 g/mol. The summed E-state index contributed by atoms with van der Waals surface area (Å²) in [4.78, 5) is 15.2. The van der Waals surface area contributed by atoms with Gasteiger partial charge < -0.3 is 4.74 Å². The maximum Gasteiger partial charge on any atom is 0.189 e. The maximum absolute atomic E-state index is 12.9. The van der Waals surface area contributed by atoms with Crippen LogP contribution >= 0.6 is 0 Å². The normalized spacial score (nSPS) is 14.8. The van der Waals surface area contributed by atoms with Crippen LogP contribution in [0.3, 0.4) is 0 Å². The largest absolute Gasteiger partial charge is 0.497 e. The molecule has 3 heteroatoms. The highest BCUT2D eigenvalue weighted by atomic mass is 16.5. The molecule has 0 aromatic heterocycles. The van der Waals surface area contributed by atoms with Crippen molar-refractivity contribution in [1.29, 1.82) is 0 Å². The quantitative estimate of drug-likeness (QED) is 0.512. The molecule has 0 unspecified atom stereocenters. The number of carbonyl (C=O) groups excluding carboxylic acids is 1. The fraction of sp³-hybridized carbons (Fsp3) is 0.222. The Kier molecular flexibility index (Phi) is 6.10. The predicted molar refractivity (Wildman–Crippen MR) is 122 cm³/mol. The van der Waals surface area contributed by atoms with E-state index in [9.17, 15) is 4.79 Å². The second kappa shape index (κ2) is 9.10. The molecule has 0 amide bonds. The van der Waals surface area contributed by atoms with Gasteiger partial charge in [-0.1, -0.05) is 54.6 Å². The van der Waals surface area contributed by atoms with Crippen LogP contribution in [0, 0.1) is 0 Å². The topological polar surface area (TPSA) is 29.5 Å². The lowest BCUT2D eigenvalue weighted by Crippen LogP contribution is -2.17. The Morgan fingerprint density at radius 3 is 2.30 bits per heavy atom. The van der Waals surface area contributed by atoms with Crippen molar-refractivity contribution in [3.8, 4) is 5.75 Å². The SMILES string of the molecule is COc1ccc2c(c1)CC/C(=C\c1ccc(CN(C)Cc3ccccc3)cc1)C2=O. The third-order valence-corrected chi connectivity index (χ3v) is 5.58. The van der Waals surface area contributed by atoms with Gasteiger partial charge in [-0.3, -0.25) is 9.69 Å². The second-order valence-electron chi connectivity index (χ2n) is 7.92. The second-order valence-corrected chi connectivity index (χ2v) is 7.92. The fourth-order valence-corrected chi connectivity index (χ4v) is 4.00. The highest BCUT2D eigenvalue weighted by Gasteiger charge is 2.22. The summed E-state index contributed by atoms with van der Waals surface area (Å²) in [5, 5.41) is 0. The number of hydrogen-bond donors (Lipinski definition) is 0. The van der Waals surface area contributed by atoms with E-state index in [-0.39, 0.29) is 5.78 Å². The predicted octanol–water partition coefficient (Wildman–Crippen LogP) is 5.54. The average Bonchev–Trinajstić information content (AvgIpc) is 2.77. The van der Waals surface area contributed by atoms with E-state index in [1.165, 1.54) is 11.1 Å². The van der Waals surface area contributed by atoms with Crippen molar-refractivity contribution < 1.29 is 9.53 Å². The average molecular weight is 398 g/mol. The lowest BCUT2D eigenvalue weighted by atomic mass is 9.86. The molecular weight excluding hydrogens is 370 g/mol. The van der Waals surface area contributed by atoms with E-state index in [1.54, 1.807) is 7.11 Å². The highest BCUT2D eigenvalue weighted by molar-refractivity contribution is 6.13. The molecule has 1 aliphatic carbocycles. The molecule has 0 fully saturated rings. The van der Waals surface area contributed by atoms with Crippen molar-refractivity contribution in [2.45, 2.75) is 25.9 Å². The Balaban J connectivity index is 1.42. The number of methoxy groups -OCH3 is 1. The van der Waals surface area contributed by atoms with Gasteiger partial charge in [0.1, 0.15) is 5.75 Å². The zero-order valence-electron chi connectivity index (χ0n) is 17.6. The van der Waals surface area contributed by atoms with E-state index < -0.39 is 0 Å². The summed E-state index contributed by atoms with van der Waals surface area (Å²) in [6.45, 7) is 1.81. The van der Waals surface area contributed by atoms with Crippen molar-refractivity contribution in [2.75, 3.05) is 14.2 Å². The van der Waals surface area contributed by atoms with Crippen molar-refractivity contribution in [3.63, 3.8) is 0 Å². The Hall–Kier alpha value is -3.17. The number of Topliss-reactive ketones (excluding diaryl/α,β-unsaturated/α-hetero) is 1. The summed E-state index contributed by atoms with van der Waals surface area (Å²) in [5.74, 6) is 0.937. The lowest BCUT2D eigenvalue weighted by molar-refractivity contribution is 0.102. The number of fused-ring (bicyclic) bond motifs is 1. The van der Waals surface area contributed by atoms with Gasteiger partial charge in [-0.15, -0.1) is 0 Å². The molecule has 0 radical (unpaired) electrons. The van der Waals surface area contributed by atoms with Gasteiger partial charge in [-0.2, -0.15) is 0 Å². The van der Waals surface area contributed by atoms with Crippen molar-refractivity contribution in [2.24, 2.45) is 0 Å². The number of allylic oxidation sites excluding steroid dienone is 1. The van der Waals surface area contributed by atoms with Crippen LogP contribution in [0.4, 0.5) is 0 Å². The molecule has 3 nitrogen and oxygen atoms in total. The van der Waals surface area contributed by atoms with Gasteiger partial charge in [0.05, 0.1) is 7.11 Å². The van der Waals surface area contributed by atoms with E-state index >= 15 is 0 Å².